The van der Waals surface area contributed by atoms with Crippen molar-refractivity contribution in [3.8, 4) is 5.75 Å². The summed E-state index contributed by atoms with van der Waals surface area (Å²) in [6.45, 7) is 4.03. The van der Waals surface area contributed by atoms with Gasteiger partial charge < -0.3 is 4.74 Å². The van der Waals surface area contributed by atoms with Crippen LogP contribution in [0.15, 0.2) is 42.5 Å². The topological polar surface area (TPSA) is 26.3 Å². The molecule has 0 saturated heterocycles. The van der Waals surface area contributed by atoms with Crippen LogP contribution in [0.3, 0.4) is 0 Å². The van der Waals surface area contributed by atoms with Gasteiger partial charge in [-0.1, -0.05) is 29.8 Å². The fourth-order valence-electron chi connectivity index (χ4n) is 1.70. The van der Waals surface area contributed by atoms with Crippen molar-refractivity contribution in [3.63, 3.8) is 0 Å². The Morgan fingerprint density at radius 1 is 1.11 bits per heavy atom. The number of ether oxygens (including phenoxy) is 1. The van der Waals surface area contributed by atoms with Gasteiger partial charge in [0.1, 0.15) is 5.75 Å². The molecule has 0 atom stereocenters. The van der Waals surface area contributed by atoms with Crippen LogP contribution >= 0.6 is 11.6 Å². The zero-order chi connectivity index (χ0) is 13.8. The summed E-state index contributed by atoms with van der Waals surface area (Å²) in [5, 5.41) is 0.594. The van der Waals surface area contributed by atoms with Crippen LogP contribution in [0.4, 0.5) is 0 Å². The third-order valence-electron chi connectivity index (χ3n) is 2.99. The maximum absolute atomic E-state index is 12.0. The second kappa shape index (κ2) is 5.89. The second-order valence-corrected chi connectivity index (χ2v) is 4.90. The first-order valence-electron chi connectivity index (χ1n) is 6.05. The van der Waals surface area contributed by atoms with Crippen LogP contribution in [-0.4, -0.2) is 12.4 Å². The zero-order valence-electron chi connectivity index (χ0n) is 10.9. The van der Waals surface area contributed by atoms with Gasteiger partial charge in [0.15, 0.2) is 12.4 Å². The molecule has 98 valence electrons. The summed E-state index contributed by atoms with van der Waals surface area (Å²) >= 11 is 5.85. The fraction of sp³-hybridized carbons (Fsp3) is 0.188. The summed E-state index contributed by atoms with van der Waals surface area (Å²) in [5.74, 6) is 0.563. The van der Waals surface area contributed by atoms with Crippen molar-refractivity contribution in [1.82, 2.24) is 0 Å². The minimum atomic E-state index is -0.0388. The SMILES string of the molecule is Cc1ccc(C(=O)COc2cccc(Cl)c2)cc1C. The van der Waals surface area contributed by atoms with Crippen molar-refractivity contribution in [2.24, 2.45) is 0 Å². The van der Waals surface area contributed by atoms with Gasteiger partial charge >= 0.3 is 0 Å². The molecule has 0 amide bonds. The van der Waals surface area contributed by atoms with Crippen LogP contribution in [0, 0.1) is 13.8 Å². The summed E-state index contributed by atoms with van der Waals surface area (Å²) in [6.07, 6.45) is 0. The van der Waals surface area contributed by atoms with Crippen molar-refractivity contribution in [3.05, 3.63) is 64.2 Å². The molecule has 19 heavy (non-hydrogen) atoms. The van der Waals surface area contributed by atoms with Gasteiger partial charge in [-0.3, -0.25) is 4.79 Å². The maximum atomic E-state index is 12.0. The maximum Gasteiger partial charge on any atom is 0.200 e. The van der Waals surface area contributed by atoms with Gasteiger partial charge in [0.2, 0.25) is 0 Å². The number of hydrogen-bond donors (Lipinski definition) is 0. The lowest BCUT2D eigenvalue weighted by Crippen LogP contribution is -2.11. The number of aryl methyl sites for hydroxylation is 2. The molecule has 0 aliphatic heterocycles. The van der Waals surface area contributed by atoms with Gasteiger partial charge in [0.25, 0.3) is 0 Å². The van der Waals surface area contributed by atoms with Crippen molar-refractivity contribution in [2.45, 2.75) is 13.8 Å². The molecule has 2 aromatic rings. The monoisotopic (exact) mass is 274 g/mol. The van der Waals surface area contributed by atoms with E-state index in [-0.39, 0.29) is 12.4 Å². The lowest BCUT2D eigenvalue weighted by atomic mass is 10.0. The summed E-state index contributed by atoms with van der Waals surface area (Å²) in [4.78, 5) is 12.0. The van der Waals surface area contributed by atoms with Crippen LogP contribution in [0.5, 0.6) is 5.75 Å². The standard InChI is InChI=1S/C16H15ClO2/c1-11-6-7-13(8-12(11)2)16(18)10-19-15-5-3-4-14(17)9-15/h3-9H,10H2,1-2H3. The van der Waals surface area contributed by atoms with Crippen molar-refractivity contribution in [2.75, 3.05) is 6.61 Å². The molecule has 3 heteroatoms. The highest BCUT2D eigenvalue weighted by Gasteiger charge is 2.08. The molecule has 0 spiro atoms. The van der Waals surface area contributed by atoms with E-state index in [2.05, 4.69) is 0 Å². The van der Waals surface area contributed by atoms with Gasteiger partial charge in [0.05, 0.1) is 0 Å². The summed E-state index contributed by atoms with van der Waals surface area (Å²) in [5.41, 5.74) is 2.95. The third kappa shape index (κ3) is 3.58. The van der Waals surface area contributed by atoms with Crippen LogP contribution < -0.4 is 4.74 Å². The Bertz CT molecular complexity index is 605. The number of ketones is 1. The van der Waals surface area contributed by atoms with E-state index < -0.39 is 0 Å². The van der Waals surface area contributed by atoms with E-state index in [1.54, 1.807) is 24.3 Å². The number of halogens is 1. The van der Waals surface area contributed by atoms with Crippen LogP contribution in [0.1, 0.15) is 21.5 Å². The van der Waals surface area contributed by atoms with E-state index in [1.165, 1.54) is 5.56 Å². The molecule has 0 N–H and O–H groups in total. The van der Waals surface area contributed by atoms with Gasteiger partial charge in [0, 0.05) is 10.6 Å². The number of carbonyl (C=O) groups excluding carboxylic acids is 1. The predicted molar refractivity (Wildman–Crippen MR) is 77.2 cm³/mol. The van der Waals surface area contributed by atoms with Crippen LogP contribution in [-0.2, 0) is 0 Å². The number of hydrogen-bond acceptors (Lipinski definition) is 2. The molecule has 2 aromatic carbocycles. The van der Waals surface area contributed by atoms with Crippen LogP contribution in [0.25, 0.3) is 0 Å². The molecular weight excluding hydrogens is 260 g/mol. The normalized spacial score (nSPS) is 10.3. The molecule has 2 rings (SSSR count). The zero-order valence-corrected chi connectivity index (χ0v) is 11.7. The Balaban J connectivity index is 2.03. The van der Waals surface area contributed by atoms with E-state index in [4.69, 9.17) is 16.3 Å². The van der Waals surface area contributed by atoms with Crippen molar-refractivity contribution in [1.29, 1.82) is 0 Å². The fourth-order valence-corrected chi connectivity index (χ4v) is 1.88. The lowest BCUT2D eigenvalue weighted by Gasteiger charge is -2.07. The molecule has 0 heterocycles. The number of benzene rings is 2. The average Bonchev–Trinajstić information content (AvgIpc) is 2.39. The van der Waals surface area contributed by atoms with E-state index in [0.717, 1.165) is 5.56 Å². The van der Waals surface area contributed by atoms with Crippen molar-refractivity contribution >= 4 is 17.4 Å². The summed E-state index contributed by atoms with van der Waals surface area (Å²) < 4.78 is 5.44. The first kappa shape index (κ1) is 13.6. The summed E-state index contributed by atoms with van der Waals surface area (Å²) in [6, 6.07) is 12.7. The Morgan fingerprint density at radius 2 is 1.89 bits per heavy atom. The highest BCUT2D eigenvalue weighted by molar-refractivity contribution is 6.30. The molecule has 0 bridgehead atoms. The third-order valence-corrected chi connectivity index (χ3v) is 3.23. The first-order valence-corrected chi connectivity index (χ1v) is 6.43. The lowest BCUT2D eigenvalue weighted by molar-refractivity contribution is 0.0921. The van der Waals surface area contributed by atoms with Crippen molar-refractivity contribution < 1.29 is 9.53 Å². The molecule has 0 aromatic heterocycles. The smallest absolute Gasteiger partial charge is 0.200 e. The molecule has 0 unspecified atom stereocenters. The predicted octanol–water partition coefficient (Wildman–Crippen LogP) is 4.22. The molecule has 0 aliphatic rings. The Labute approximate surface area is 118 Å². The average molecular weight is 275 g/mol. The Hall–Kier alpha value is -1.80. The van der Waals surface area contributed by atoms with Gasteiger partial charge in [-0.05, 0) is 49.2 Å². The molecule has 0 radical (unpaired) electrons. The molecule has 0 saturated carbocycles. The van der Waals surface area contributed by atoms with E-state index in [1.807, 2.05) is 32.0 Å². The van der Waals surface area contributed by atoms with E-state index >= 15 is 0 Å². The molecule has 0 fully saturated rings. The van der Waals surface area contributed by atoms with Gasteiger partial charge in [-0.2, -0.15) is 0 Å². The van der Waals surface area contributed by atoms with Gasteiger partial charge in [-0.25, -0.2) is 0 Å². The summed E-state index contributed by atoms with van der Waals surface area (Å²) in [7, 11) is 0. The molecular formula is C16H15ClO2. The van der Waals surface area contributed by atoms with Gasteiger partial charge in [-0.15, -0.1) is 0 Å². The van der Waals surface area contributed by atoms with E-state index in [0.29, 0.717) is 16.3 Å². The second-order valence-electron chi connectivity index (χ2n) is 4.47. The number of carbonyl (C=O) groups is 1. The van der Waals surface area contributed by atoms with Crippen LogP contribution in [0.2, 0.25) is 5.02 Å². The number of rotatable bonds is 4. The molecule has 2 nitrogen and oxygen atoms in total. The largest absolute Gasteiger partial charge is 0.485 e. The quantitative estimate of drug-likeness (QED) is 0.781. The Morgan fingerprint density at radius 3 is 2.58 bits per heavy atom. The number of Topliss-reactive ketones (excluding diaryl/α,β-unsaturated/α-hetero) is 1. The minimum Gasteiger partial charge on any atom is -0.485 e. The minimum absolute atomic E-state index is 0.0167. The highest BCUT2D eigenvalue weighted by Crippen LogP contribution is 2.17. The highest BCUT2D eigenvalue weighted by atomic mass is 35.5. The first-order chi connectivity index (χ1) is 9.06. The Kier molecular flexibility index (Phi) is 4.23. The van der Waals surface area contributed by atoms with E-state index in [9.17, 15) is 4.79 Å². The molecule has 0 aliphatic carbocycles.